The standard InChI is InChI=1S/C11H8ClNO3/c1-7(14)16-13-10-4-2-3-9(12)8(10)5-6-11(13)15/h2-6H,1H3. The van der Waals surface area contributed by atoms with E-state index in [0.29, 0.717) is 15.9 Å². The van der Waals surface area contributed by atoms with Crippen LogP contribution in [0, 0.1) is 0 Å². The van der Waals surface area contributed by atoms with E-state index >= 15 is 0 Å². The highest BCUT2D eigenvalue weighted by molar-refractivity contribution is 6.35. The first kappa shape index (κ1) is 10.7. The second-order valence-electron chi connectivity index (χ2n) is 3.22. The first-order valence-electron chi connectivity index (χ1n) is 4.59. The molecule has 0 atom stereocenters. The summed E-state index contributed by atoms with van der Waals surface area (Å²) < 4.78 is 0.934. The third-order valence-electron chi connectivity index (χ3n) is 2.06. The minimum atomic E-state index is -0.561. The summed E-state index contributed by atoms with van der Waals surface area (Å²) in [7, 11) is 0. The molecule has 0 unspecified atom stereocenters. The summed E-state index contributed by atoms with van der Waals surface area (Å²) in [4.78, 5) is 27.2. The second-order valence-corrected chi connectivity index (χ2v) is 3.63. The number of halogens is 1. The summed E-state index contributed by atoms with van der Waals surface area (Å²) in [5.74, 6) is -0.561. The molecule has 2 rings (SSSR count). The number of aromatic nitrogens is 1. The Morgan fingerprint density at radius 1 is 1.31 bits per heavy atom. The Hall–Kier alpha value is -1.81. The van der Waals surface area contributed by atoms with E-state index in [4.69, 9.17) is 16.4 Å². The largest absolute Gasteiger partial charge is 0.333 e. The van der Waals surface area contributed by atoms with Gasteiger partial charge in [0, 0.05) is 18.4 Å². The van der Waals surface area contributed by atoms with Crippen LogP contribution >= 0.6 is 11.6 Å². The molecule has 0 aliphatic rings. The molecular weight excluding hydrogens is 230 g/mol. The van der Waals surface area contributed by atoms with Crippen LogP contribution in [0.3, 0.4) is 0 Å². The highest BCUT2D eigenvalue weighted by Crippen LogP contribution is 2.21. The summed E-state index contributed by atoms with van der Waals surface area (Å²) >= 11 is 5.96. The highest BCUT2D eigenvalue weighted by atomic mass is 35.5. The van der Waals surface area contributed by atoms with Gasteiger partial charge in [0.2, 0.25) is 0 Å². The molecule has 16 heavy (non-hydrogen) atoms. The maximum absolute atomic E-state index is 11.5. The molecule has 0 fully saturated rings. The molecule has 0 aliphatic carbocycles. The Bertz CT molecular complexity index is 618. The molecular formula is C11H8ClNO3. The molecule has 5 heteroatoms. The van der Waals surface area contributed by atoms with Crippen LogP contribution in [0.1, 0.15) is 6.92 Å². The van der Waals surface area contributed by atoms with E-state index in [1.807, 2.05) is 0 Å². The van der Waals surface area contributed by atoms with Gasteiger partial charge in [-0.05, 0) is 18.2 Å². The first-order valence-corrected chi connectivity index (χ1v) is 4.96. The number of pyridine rings is 1. The summed E-state index contributed by atoms with van der Waals surface area (Å²) in [6.07, 6.45) is 0. The number of carbonyl (C=O) groups excluding carboxylic acids is 1. The average Bonchev–Trinajstić information content (AvgIpc) is 2.22. The highest BCUT2D eigenvalue weighted by Gasteiger charge is 2.07. The number of carbonyl (C=O) groups is 1. The van der Waals surface area contributed by atoms with E-state index in [0.717, 1.165) is 4.73 Å². The van der Waals surface area contributed by atoms with Gasteiger partial charge >= 0.3 is 5.97 Å². The Labute approximate surface area is 96.0 Å². The molecule has 0 N–H and O–H groups in total. The van der Waals surface area contributed by atoms with E-state index < -0.39 is 11.5 Å². The Kier molecular flexibility index (Phi) is 2.66. The van der Waals surface area contributed by atoms with Gasteiger partial charge in [-0.1, -0.05) is 17.7 Å². The number of hydrogen-bond acceptors (Lipinski definition) is 3. The molecule has 4 nitrogen and oxygen atoms in total. The van der Waals surface area contributed by atoms with E-state index in [2.05, 4.69) is 0 Å². The van der Waals surface area contributed by atoms with E-state index in [9.17, 15) is 9.59 Å². The van der Waals surface area contributed by atoms with Gasteiger partial charge in [0.05, 0.1) is 10.5 Å². The minimum absolute atomic E-state index is 0.412. The Balaban J connectivity index is 2.79. The predicted molar refractivity (Wildman–Crippen MR) is 60.5 cm³/mol. The molecule has 0 spiro atoms. The van der Waals surface area contributed by atoms with Crippen LogP contribution in [0.2, 0.25) is 5.02 Å². The fourth-order valence-electron chi connectivity index (χ4n) is 1.43. The SMILES string of the molecule is CC(=O)On1c(=O)ccc2c(Cl)cccc21. The van der Waals surface area contributed by atoms with Crippen molar-refractivity contribution in [3.05, 3.63) is 45.7 Å². The van der Waals surface area contributed by atoms with E-state index in [1.54, 1.807) is 24.3 Å². The van der Waals surface area contributed by atoms with Crippen molar-refractivity contribution in [1.82, 2.24) is 4.73 Å². The number of hydrogen-bond donors (Lipinski definition) is 0. The van der Waals surface area contributed by atoms with Gasteiger partial charge in [-0.15, -0.1) is 4.73 Å². The van der Waals surface area contributed by atoms with Crippen LogP contribution < -0.4 is 10.4 Å². The van der Waals surface area contributed by atoms with Crippen molar-refractivity contribution in [2.75, 3.05) is 0 Å². The average molecular weight is 238 g/mol. The topological polar surface area (TPSA) is 48.3 Å². The third-order valence-corrected chi connectivity index (χ3v) is 2.39. The lowest BCUT2D eigenvalue weighted by atomic mass is 10.2. The maximum Gasteiger partial charge on any atom is 0.330 e. The van der Waals surface area contributed by atoms with Gasteiger partial charge in [0.25, 0.3) is 5.56 Å². The fraction of sp³-hybridized carbons (Fsp3) is 0.0909. The van der Waals surface area contributed by atoms with Crippen molar-refractivity contribution in [3.63, 3.8) is 0 Å². The smallest absolute Gasteiger partial charge is 0.330 e. The Morgan fingerprint density at radius 2 is 2.06 bits per heavy atom. The lowest BCUT2D eigenvalue weighted by Crippen LogP contribution is -2.29. The first-order chi connectivity index (χ1) is 7.59. The molecule has 1 aromatic carbocycles. The van der Waals surface area contributed by atoms with Crippen molar-refractivity contribution >= 4 is 28.5 Å². The van der Waals surface area contributed by atoms with Crippen LogP contribution in [-0.2, 0) is 4.79 Å². The molecule has 0 saturated carbocycles. The van der Waals surface area contributed by atoms with Crippen molar-refractivity contribution in [3.8, 4) is 0 Å². The molecule has 0 amide bonds. The maximum atomic E-state index is 11.5. The van der Waals surface area contributed by atoms with Gasteiger partial charge in [-0.2, -0.15) is 0 Å². The minimum Gasteiger partial charge on any atom is -0.333 e. The van der Waals surface area contributed by atoms with Crippen molar-refractivity contribution in [2.24, 2.45) is 0 Å². The normalized spacial score (nSPS) is 10.4. The van der Waals surface area contributed by atoms with Crippen LogP contribution in [0.25, 0.3) is 10.9 Å². The number of benzene rings is 1. The molecule has 0 saturated heterocycles. The van der Waals surface area contributed by atoms with Gasteiger partial charge in [0.15, 0.2) is 0 Å². The molecule has 2 aromatic rings. The zero-order chi connectivity index (χ0) is 11.7. The van der Waals surface area contributed by atoms with Crippen molar-refractivity contribution < 1.29 is 9.63 Å². The molecule has 0 radical (unpaired) electrons. The number of rotatable bonds is 1. The van der Waals surface area contributed by atoms with Crippen LogP contribution in [-0.4, -0.2) is 10.7 Å². The molecule has 82 valence electrons. The summed E-state index contributed by atoms with van der Waals surface area (Å²) in [5, 5.41) is 1.16. The fourth-order valence-corrected chi connectivity index (χ4v) is 1.66. The number of nitrogens with zero attached hydrogens (tertiary/aromatic N) is 1. The number of fused-ring (bicyclic) bond motifs is 1. The van der Waals surface area contributed by atoms with E-state index in [1.165, 1.54) is 13.0 Å². The van der Waals surface area contributed by atoms with E-state index in [-0.39, 0.29) is 0 Å². The quantitative estimate of drug-likeness (QED) is 0.758. The zero-order valence-corrected chi connectivity index (χ0v) is 9.19. The third kappa shape index (κ3) is 1.79. The zero-order valence-electron chi connectivity index (χ0n) is 8.44. The van der Waals surface area contributed by atoms with Gasteiger partial charge in [-0.25, -0.2) is 4.79 Å². The lowest BCUT2D eigenvalue weighted by Gasteiger charge is -2.08. The monoisotopic (exact) mass is 237 g/mol. The van der Waals surface area contributed by atoms with Crippen LogP contribution in [0.15, 0.2) is 35.1 Å². The Morgan fingerprint density at radius 3 is 2.75 bits per heavy atom. The van der Waals surface area contributed by atoms with Gasteiger partial charge in [0.1, 0.15) is 0 Å². The summed E-state index contributed by atoms with van der Waals surface area (Å²) in [5.41, 5.74) is 0.0557. The summed E-state index contributed by atoms with van der Waals surface area (Å²) in [6.45, 7) is 1.23. The van der Waals surface area contributed by atoms with Gasteiger partial charge < -0.3 is 4.84 Å². The van der Waals surface area contributed by atoms with Crippen LogP contribution in [0.5, 0.6) is 0 Å². The molecule has 1 heterocycles. The predicted octanol–water partition coefficient (Wildman–Crippen LogP) is 1.63. The molecule has 0 aliphatic heterocycles. The van der Waals surface area contributed by atoms with Crippen molar-refractivity contribution in [2.45, 2.75) is 6.92 Å². The van der Waals surface area contributed by atoms with Gasteiger partial charge in [-0.3, -0.25) is 4.79 Å². The molecule has 1 aromatic heterocycles. The summed E-state index contributed by atoms with van der Waals surface area (Å²) in [6, 6.07) is 7.94. The lowest BCUT2D eigenvalue weighted by molar-refractivity contribution is -0.141. The van der Waals surface area contributed by atoms with Crippen LogP contribution in [0.4, 0.5) is 0 Å². The molecule has 0 bridgehead atoms. The second kappa shape index (κ2) is 3.98. The van der Waals surface area contributed by atoms with Crippen molar-refractivity contribution in [1.29, 1.82) is 0 Å².